The van der Waals surface area contributed by atoms with Crippen LogP contribution in [0.4, 0.5) is 0 Å². The molecule has 3 aromatic rings. The Hall–Kier alpha value is -3.00. The normalized spacial score (nSPS) is 22.5. The van der Waals surface area contributed by atoms with Gasteiger partial charge in [-0.1, -0.05) is 44.7 Å². The molecule has 2 bridgehead atoms. The average molecular weight is 507 g/mol. The van der Waals surface area contributed by atoms with E-state index in [0.717, 1.165) is 36.4 Å². The third-order valence-electron chi connectivity index (χ3n) is 7.37. The third-order valence-corrected chi connectivity index (χ3v) is 8.29. The zero-order chi connectivity index (χ0) is 25.5. The highest BCUT2D eigenvalue weighted by Gasteiger charge is 2.50. The van der Waals surface area contributed by atoms with Gasteiger partial charge in [0.05, 0.1) is 31.2 Å². The van der Waals surface area contributed by atoms with Gasteiger partial charge in [0.1, 0.15) is 11.5 Å². The van der Waals surface area contributed by atoms with Gasteiger partial charge in [-0.25, -0.2) is 0 Å². The molecule has 0 N–H and O–H groups in total. The van der Waals surface area contributed by atoms with Crippen LogP contribution in [0.3, 0.4) is 0 Å². The Bertz CT molecular complexity index is 1260. The Kier molecular flexibility index (Phi) is 6.49. The number of methoxy groups -OCH3 is 2. The number of nitrogens with zero attached hydrogens (tertiary/aromatic N) is 4. The van der Waals surface area contributed by atoms with Gasteiger partial charge in [0.25, 0.3) is 0 Å². The predicted octanol–water partition coefficient (Wildman–Crippen LogP) is 5.47. The summed E-state index contributed by atoms with van der Waals surface area (Å²) in [6.07, 6.45) is 3.34. The molecule has 7 nitrogen and oxygen atoms in total. The van der Waals surface area contributed by atoms with Gasteiger partial charge in [0.2, 0.25) is 5.91 Å². The Balaban J connectivity index is 1.43. The minimum Gasteiger partial charge on any atom is -0.497 e. The number of fused-ring (bicyclic) bond motifs is 2. The number of rotatable bonds is 7. The average Bonchev–Trinajstić information content (AvgIpc) is 3.39. The van der Waals surface area contributed by atoms with Crippen molar-refractivity contribution in [3.8, 4) is 28.6 Å². The first-order valence-corrected chi connectivity index (χ1v) is 13.4. The van der Waals surface area contributed by atoms with Crippen LogP contribution in [0.15, 0.2) is 53.7 Å². The van der Waals surface area contributed by atoms with Crippen molar-refractivity contribution in [3.05, 3.63) is 48.5 Å². The summed E-state index contributed by atoms with van der Waals surface area (Å²) in [5.74, 6) is 2.65. The first-order valence-electron chi connectivity index (χ1n) is 12.4. The number of benzene rings is 2. The molecule has 36 heavy (non-hydrogen) atoms. The Morgan fingerprint density at radius 1 is 1.03 bits per heavy atom. The number of carbonyl (C=O) groups is 1. The molecule has 0 radical (unpaired) electrons. The SMILES string of the molecule is COc1ccc(-n2c(SCC(=O)N3C[C@]4(C)C[C@H]3CC(C)(C)C4)nnc2-c2ccccc2OC)cc1. The predicted molar refractivity (Wildman–Crippen MR) is 142 cm³/mol. The lowest BCUT2D eigenvalue weighted by Crippen LogP contribution is -2.38. The van der Waals surface area contributed by atoms with Gasteiger partial charge in [-0.05, 0) is 66.5 Å². The van der Waals surface area contributed by atoms with Crippen LogP contribution in [0.1, 0.15) is 40.0 Å². The van der Waals surface area contributed by atoms with Crippen molar-refractivity contribution in [2.75, 3.05) is 26.5 Å². The van der Waals surface area contributed by atoms with Crippen molar-refractivity contribution < 1.29 is 14.3 Å². The van der Waals surface area contributed by atoms with Gasteiger partial charge in [0, 0.05) is 12.6 Å². The maximum atomic E-state index is 13.4. The van der Waals surface area contributed by atoms with Crippen molar-refractivity contribution in [1.82, 2.24) is 19.7 Å². The van der Waals surface area contributed by atoms with E-state index in [0.29, 0.717) is 28.5 Å². The minimum absolute atomic E-state index is 0.176. The smallest absolute Gasteiger partial charge is 0.233 e. The number of ether oxygens (including phenoxy) is 2. The highest BCUT2D eigenvalue weighted by molar-refractivity contribution is 7.99. The Labute approximate surface area is 217 Å². The van der Waals surface area contributed by atoms with Gasteiger partial charge < -0.3 is 14.4 Å². The minimum atomic E-state index is 0.176. The van der Waals surface area contributed by atoms with E-state index in [4.69, 9.17) is 9.47 Å². The molecule has 1 amide bonds. The molecule has 1 saturated heterocycles. The first-order chi connectivity index (χ1) is 17.2. The molecule has 190 valence electrons. The first kappa shape index (κ1) is 24.7. The van der Waals surface area contributed by atoms with Crippen LogP contribution in [0.2, 0.25) is 0 Å². The topological polar surface area (TPSA) is 69.5 Å². The highest BCUT2D eigenvalue weighted by Crippen LogP contribution is 2.52. The van der Waals surface area contributed by atoms with Gasteiger partial charge in [-0.3, -0.25) is 9.36 Å². The number of para-hydroxylation sites is 1. The van der Waals surface area contributed by atoms with E-state index >= 15 is 0 Å². The maximum Gasteiger partial charge on any atom is 0.233 e. The lowest BCUT2D eigenvalue weighted by molar-refractivity contribution is -0.129. The monoisotopic (exact) mass is 506 g/mol. The zero-order valence-electron chi connectivity index (χ0n) is 21.7. The van der Waals surface area contributed by atoms with Crippen molar-refractivity contribution in [3.63, 3.8) is 0 Å². The Morgan fingerprint density at radius 3 is 2.50 bits per heavy atom. The zero-order valence-corrected chi connectivity index (χ0v) is 22.5. The number of hydrogen-bond donors (Lipinski definition) is 0. The van der Waals surface area contributed by atoms with Crippen LogP contribution in [-0.4, -0.2) is 58.1 Å². The third kappa shape index (κ3) is 4.71. The van der Waals surface area contributed by atoms with E-state index in [9.17, 15) is 4.79 Å². The molecule has 0 spiro atoms. The standard InChI is InChI=1S/C28H34N4O3S/c1-27(2)14-20-15-28(3,17-27)18-31(20)24(33)16-36-26-30-29-25(22-8-6-7-9-23(22)35-5)32(26)19-10-12-21(34-4)13-11-19/h6-13,20H,14-18H2,1-5H3/t20-,28-/m1/s1. The van der Waals surface area contributed by atoms with E-state index in [1.165, 1.54) is 18.2 Å². The number of carbonyl (C=O) groups excluding carboxylic acids is 1. The van der Waals surface area contributed by atoms with Crippen LogP contribution in [0.25, 0.3) is 17.1 Å². The molecule has 2 aliphatic rings. The fourth-order valence-corrected chi connectivity index (χ4v) is 7.13. The largest absolute Gasteiger partial charge is 0.497 e. The summed E-state index contributed by atoms with van der Waals surface area (Å²) in [7, 11) is 3.30. The van der Waals surface area contributed by atoms with Crippen LogP contribution < -0.4 is 9.47 Å². The Morgan fingerprint density at radius 2 is 1.78 bits per heavy atom. The summed E-state index contributed by atoms with van der Waals surface area (Å²) in [5, 5.41) is 9.71. The lowest BCUT2D eigenvalue weighted by atomic mass is 9.65. The molecule has 2 fully saturated rings. The molecule has 0 unspecified atom stereocenters. The second-order valence-corrected chi connectivity index (χ2v) is 12.0. The number of hydrogen-bond acceptors (Lipinski definition) is 6. The van der Waals surface area contributed by atoms with Gasteiger partial charge in [-0.15, -0.1) is 10.2 Å². The summed E-state index contributed by atoms with van der Waals surface area (Å²) in [6, 6.07) is 15.9. The quantitative estimate of drug-likeness (QED) is 0.396. The molecular weight excluding hydrogens is 472 g/mol. The molecule has 1 saturated carbocycles. The second kappa shape index (κ2) is 9.47. The maximum absolute atomic E-state index is 13.4. The van der Waals surface area contributed by atoms with Gasteiger partial charge in [-0.2, -0.15) is 0 Å². The summed E-state index contributed by atoms with van der Waals surface area (Å²) < 4.78 is 12.9. The van der Waals surface area contributed by atoms with Gasteiger partial charge >= 0.3 is 0 Å². The fourth-order valence-electron chi connectivity index (χ4n) is 6.29. The molecule has 5 rings (SSSR count). The van der Waals surface area contributed by atoms with E-state index in [2.05, 4.69) is 35.9 Å². The van der Waals surface area contributed by atoms with E-state index < -0.39 is 0 Å². The van der Waals surface area contributed by atoms with Crippen LogP contribution in [0, 0.1) is 10.8 Å². The van der Waals surface area contributed by atoms with Crippen molar-refractivity contribution in [2.45, 2.75) is 51.2 Å². The fraction of sp³-hybridized carbons (Fsp3) is 0.464. The number of thioether (sulfide) groups is 1. The van der Waals surface area contributed by atoms with Crippen LogP contribution >= 0.6 is 11.8 Å². The molecule has 2 heterocycles. The summed E-state index contributed by atoms with van der Waals surface area (Å²) in [6.45, 7) is 7.84. The highest BCUT2D eigenvalue weighted by atomic mass is 32.2. The number of amides is 1. The van der Waals surface area contributed by atoms with Crippen LogP contribution in [-0.2, 0) is 4.79 Å². The lowest BCUT2D eigenvalue weighted by Gasteiger charge is -2.39. The molecule has 1 aromatic heterocycles. The molecule has 2 aromatic carbocycles. The van der Waals surface area contributed by atoms with Gasteiger partial charge in [0.15, 0.2) is 11.0 Å². The van der Waals surface area contributed by atoms with Crippen molar-refractivity contribution in [2.24, 2.45) is 10.8 Å². The molecular formula is C28H34N4O3S. The van der Waals surface area contributed by atoms with E-state index in [1.54, 1.807) is 14.2 Å². The summed E-state index contributed by atoms with van der Waals surface area (Å²) >= 11 is 1.43. The van der Waals surface area contributed by atoms with Crippen molar-refractivity contribution >= 4 is 17.7 Å². The molecule has 1 aliphatic carbocycles. The summed E-state index contributed by atoms with van der Waals surface area (Å²) in [5.41, 5.74) is 2.22. The second-order valence-electron chi connectivity index (χ2n) is 11.1. The number of likely N-dealkylation sites (tertiary alicyclic amines) is 1. The molecule has 8 heteroatoms. The number of aromatic nitrogens is 3. The molecule has 2 atom stereocenters. The van der Waals surface area contributed by atoms with Crippen molar-refractivity contribution in [1.29, 1.82) is 0 Å². The van der Waals surface area contributed by atoms with E-state index in [-0.39, 0.29) is 16.7 Å². The van der Waals surface area contributed by atoms with Crippen LogP contribution in [0.5, 0.6) is 11.5 Å². The van der Waals surface area contributed by atoms with E-state index in [1.807, 2.05) is 53.1 Å². The summed E-state index contributed by atoms with van der Waals surface area (Å²) in [4.78, 5) is 15.6. The molecule has 1 aliphatic heterocycles.